The highest BCUT2D eigenvalue weighted by atomic mass is 16.6. The Hall–Kier alpha value is -1.34. The predicted molar refractivity (Wildman–Crippen MR) is 65.7 cm³/mol. The van der Waals surface area contributed by atoms with Gasteiger partial charge in [0.1, 0.15) is 16.6 Å². The van der Waals surface area contributed by atoms with E-state index in [0.717, 1.165) is 0 Å². The van der Waals surface area contributed by atoms with Crippen LogP contribution in [0.3, 0.4) is 0 Å². The summed E-state index contributed by atoms with van der Waals surface area (Å²) in [6.45, 7) is 5.68. The van der Waals surface area contributed by atoms with E-state index in [1.54, 1.807) is 20.8 Å². The predicted octanol–water partition coefficient (Wildman–Crippen LogP) is -0.358. The minimum Gasteiger partial charge on any atom is -0.481 e. The standard InChI is InChI=1S/C12H20N2O5/c1-10(2,3)19-9(17)14-6-11(7-14,8(15)16)12(18)4-13-5-12/h13,18H,4-7H2,1-3H3,(H,15,16). The van der Waals surface area contributed by atoms with E-state index in [-0.39, 0.29) is 26.2 Å². The molecule has 0 unspecified atom stereocenters. The lowest BCUT2D eigenvalue weighted by Crippen LogP contribution is -2.80. The third kappa shape index (κ3) is 2.17. The maximum absolute atomic E-state index is 11.8. The maximum Gasteiger partial charge on any atom is 0.410 e. The van der Waals surface area contributed by atoms with Crippen molar-refractivity contribution in [2.45, 2.75) is 32.0 Å². The molecule has 108 valence electrons. The molecule has 0 radical (unpaired) electrons. The van der Waals surface area contributed by atoms with Gasteiger partial charge in [0, 0.05) is 26.2 Å². The molecule has 0 spiro atoms. The Labute approximate surface area is 111 Å². The van der Waals surface area contributed by atoms with Crippen molar-refractivity contribution in [2.75, 3.05) is 26.2 Å². The molecule has 0 bridgehead atoms. The molecule has 2 heterocycles. The number of β-amino-alcohol motifs (C(OH)–C–C–N with tert-alkyl or cyclic N) is 1. The Morgan fingerprint density at radius 3 is 2.11 bits per heavy atom. The molecule has 19 heavy (non-hydrogen) atoms. The summed E-state index contributed by atoms with van der Waals surface area (Å²) in [5, 5.41) is 22.5. The molecule has 0 aromatic carbocycles. The number of carbonyl (C=O) groups excluding carboxylic acids is 1. The molecule has 2 saturated heterocycles. The fourth-order valence-electron chi connectivity index (χ4n) is 2.39. The van der Waals surface area contributed by atoms with Crippen molar-refractivity contribution in [1.82, 2.24) is 10.2 Å². The fraction of sp³-hybridized carbons (Fsp3) is 0.833. The van der Waals surface area contributed by atoms with Gasteiger partial charge in [-0.1, -0.05) is 0 Å². The van der Waals surface area contributed by atoms with Crippen LogP contribution in [-0.4, -0.2) is 64.6 Å². The van der Waals surface area contributed by atoms with Gasteiger partial charge >= 0.3 is 12.1 Å². The molecule has 2 aliphatic heterocycles. The van der Waals surface area contributed by atoms with E-state index in [2.05, 4.69) is 5.32 Å². The minimum atomic E-state index is -1.28. The number of ether oxygens (including phenoxy) is 1. The zero-order valence-corrected chi connectivity index (χ0v) is 11.4. The van der Waals surface area contributed by atoms with E-state index in [0.29, 0.717) is 0 Å². The number of aliphatic carboxylic acids is 1. The molecule has 0 saturated carbocycles. The monoisotopic (exact) mass is 272 g/mol. The first-order valence-electron chi connectivity index (χ1n) is 6.24. The van der Waals surface area contributed by atoms with Gasteiger partial charge in [0.05, 0.1) is 0 Å². The Kier molecular flexibility index (Phi) is 3.02. The first kappa shape index (κ1) is 14.1. The molecular weight excluding hydrogens is 252 g/mol. The lowest BCUT2D eigenvalue weighted by Gasteiger charge is -2.58. The van der Waals surface area contributed by atoms with Crippen molar-refractivity contribution in [3.8, 4) is 0 Å². The van der Waals surface area contributed by atoms with Crippen molar-refractivity contribution in [2.24, 2.45) is 5.41 Å². The number of carboxylic acid groups (broad SMARTS) is 1. The highest BCUT2D eigenvalue weighted by molar-refractivity contribution is 5.82. The second-order valence-corrected chi connectivity index (χ2v) is 6.36. The van der Waals surface area contributed by atoms with Crippen molar-refractivity contribution >= 4 is 12.1 Å². The number of amides is 1. The van der Waals surface area contributed by atoms with Gasteiger partial charge in [-0.05, 0) is 20.8 Å². The number of nitrogens with one attached hydrogen (secondary N) is 1. The number of likely N-dealkylation sites (tertiary alicyclic amines) is 1. The Bertz CT molecular complexity index is 405. The van der Waals surface area contributed by atoms with E-state index in [4.69, 9.17) is 4.74 Å². The molecule has 0 aliphatic carbocycles. The summed E-state index contributed by atoms with van der Waals surface area (Å²) in [7, 11) is 0. The number of hydrogen-bond donors (Lipinski definition) is 3. The molecule has 7 heteroatoms. The van der Waals surface area contributed by atoms with Crippen LogP contribution in [0.5, 0.6) is 0 Å². The minimum absolute atomic E-state index is 0.0184. The third-order valence-corrected chi connectivity index (χ3v) is 3.71. The molecule has 2 rings (SSSR count). The van der Waals surface area contributed by atoms with E-state index in [9.17, 15) is 19.8 Å². The summed E-state index contributed by atoms with van der Waals surface area (Å²) in [5.74, 6) is -1.07. The van der Waals surface area contributed by atoms with Gasteiger partial charge in [-0.15, -0.1) is 0 Å². The molecular formula is C12H20N2O5. The van der Waals surface area contributed by atoms with Crippen LogP contribution < -0.4 is 5.32 Å². The van der Waals surface area contributed by atoms with Crippen molar-refractivity contribution in [3.63, 3.8) is 0 Å². The van der Waals surface area contributed by atoms with Crippen LogP contribution in [0.25, 0.3) is 0 Å². The summed E-state index contributed by atoms with van der Waals surface area (Å²) < 4.78 is 5.18. The van der Waals surface area contributed by atoms with E-state index in [1.807, 2.05) is 0 Å². The van der Waals surface area contributed by atoms with Crippen LogP contribution in [0, 0.1) is 5.41 Å². The lowest BCUT2D eigenvalue weighted by molar-refractivity contribution is -0.205. The Morgan fingerprint density at radius 1 is 1.26 bits per heavy atom. The SMILES string of the molecule is CC(C)(C)OC(=O)N1CC(C(=O)O)(C2(O)CNC2)C1. The van der Waals surface area contributed by atoms with Crippen molar-refractivity contribution in [1.29, 1.82) is 0 Å². The molecule has 0 aromatic rings. The summed E-state index contributed by atoms with van der Waals surface area (Å²) in [4.78, 5) is 24.5. The molecule has 2 fully saturated rings. The number of rotatable bonds is 2. The molecule has 0 aromatic heterocycles. The van der Waals surface area contributed by atoms with Crippen LogP contribution in [0.15, 0.2) is 0 Å². The van der Waals surface area contributed by atoms with Crippen LogP contribution >= 0.6 is 0 Å². The molecule has 2 aliphatic rings. The third-order valence-electron chi connectivity index (χ3n) is 3.71. The Balaban J connectivity index is 2.03. The van der Waals surface area contributed by atoms with Crippen LogP contribution in [0.1, 0.15) is 20.8 Å². The Morgan fingerprint density at radius 2 is 1.79 bits per heavy atom. The van der Waals surface area contributed by atoms with Crippen LogP contribution in [0.4, 0.5) is 4.79 Å². The molecule has 3 N–H and O–H groups in total. The second kappa shape index (κ2) is 4.08. The van der Waals surface area contributed by atoms with Crippen LogP contribution in [0.2, 0.25) is 0 Å². The zero-order chi connectivity index (χ0) is 14.5. The largest absolute Gasteiger partial charge is 0.481 e. The van der Waals surface area contributed by atoms with Crippen LogP contribution in [-0.2, 0) is 9.53 Å². The smallest absolute Gasteiger partial charge is 0.410 e. The molecule has 7 nitrogen and oxygen atoms in total. The molecule has 0 atom stereocenters. The van der Waals surface area contributed by atoms with Gasteiger partial charge in [0.15, 0.2) is 0 Å². The number of hydrogen-bond acceptors (Lipinski definition) is 5. The number of carbonyl (C=O) groups is 2. The fourth-order valence-corrected chi connectivity index (χ4v) is 2.39. The number of aliphatic hydroxyl groups is 1. The number of carboxylic acids is 1. The lowest BCUT2D eigenvalue weighted by atomic mass is 9.63. The van der Waals surface area contributed by atoms with Gasteiger partial charge in [-0.3, -0.25) is 4.79 Å². The summed E-state index contributed by atoms with van der Waals surface area (Å²) in [6, 6.07) is 0. The first-order chi connectivity index (χ1) is 8.60. The first-order valence-corrected chi connectivity index (χ1v) is 6.24. The number of nitrogens with zero attached hydrogens (tertiary/aromatic N) is 1. The van der Waals surface area contributed by atoms with Gasteiger partial charge in [0.2, 0.25) is 0 Å². The van der Waals surface area contributed by atoms with Crippen molar-refractivity contribution in [3.05, 3.63) is 0 Å². The highest BCUT2D eigenvalue weighted by Gasteiger charge is 2.66. The van der Waals surface area contributed by atoms with E-state index in [1.165, 1.54) is 4.90 Å². The second-order valence-electron chi connectivity index (χ2n) is 6.36. The quantitative estimate of drug-likeness (QED) is 0.635. The topological polar surface area (TPSA) is 99.1 Å². The average molecular weight is 272 g/mol. The van der Waals surface area contributed by atoms with E-state index >= 15 is 0 Å². The molecule has 1 amide bonds. The normalized spacial score (nSPS) is 24.1. The van der Waals surface area contributed by atoms with Crippen molar-refractivity contribution < 1.29 is 24.5 Å². The van der Waals surface area contributed by atoms with Gasteiger partial charge in [-0.25, -0.2) is 4.79 Å². The summed E-state index contributed by atoms with van der Waals surface area (Å²) in [6.07, 6.45) is -0.541. The highest BCUT2D eigenvalue weighted by Crippen LogP contribution is 2.43. The van der Waals surface area contributed by atoms with Gasteiger partial charge in [-0.2, -0.15) is 0 Å². The summed E-state index contributed by atoms with van der Waals surface area (Å²) in [5.41, 5.74) is -3.18. The average Bonchev–Trinajstić information content (AvgIpc) is 2.09. The van der Waals surface area contributed by atoms with E-state index < -0.39 is 28.7 Å². The van der Waals surface area contributed by atoms with Gasteiger partial charge in [0.25, 0.3) is 0 Å². The van der Waals surface area contributed by atoms with Gasteiger partial charge < -0.3 is 25.2 Å². The summed E-state index contributed by atoms with van der Waals surface area (Å²) >= 11 is 0. The maximum atomic E-state index is 11.8. The zero-order valence-electron chi connectivity index (χ0n) is 11.4.